The quantitative estimate of drug-likeness (QED) is 0.874. The number of halogens is 3. The van der Waals surface area contributed by atoms with Gasteiger partial charge in [-0.1, -0.05) is 12.1 Å². The molecule has 0 saturated carbocycles. The van der Waals surface area contributed by atoms with E-state index in [1.807, 2.05) is 0 Å². The lowest BCUT2D eigenvalue weighted by atomic mass is 10.1. The summed E-state index contributed by atoms with van der Waals surface area (Å²) in [5.41, 5.74) is 0.848. The van der Waals surface area contributed by atoms with Crippen molar-refractivity contribution in [1.29, 1.82) is 0 Å². The summed E-state index contributed by atoms with van der Waals surface area (Å²) in [5.74, 6) is 0.171. The molecule has 1 atom stereocenters. The van der Waals surface area contributed by atoms with Gasteiger partial charge in [0.1, 0.15) is 5.75 Å². The molecule has 4 nitrogen and oxygen atoms in total. The van der Waals surface area contributed by atoms with Gasteiger partial charge in [0.25, 0.3) is 0 Å². The van der Waals surface area contributed by atoms with Crippen molar-refractivity contribution >= 4 is 18.3 Å². The molecule has 2 rings (SSSR count). The Morgan fingerprint density at radius 1 is 1.40 bits per heavy atom. The van der Waals surface area contributed by atoms with E-state index in [4.69, 9.17) is 0 Å². The van der Waals surface area contributed by atoms with E-state index in [2.05, 4.69) is 15.4 Å². The SMILES string of the molecule is Cl.O=C(NCc1ccc(OC(F)F)cc1)C1CCNC1. The Bertz CT molecular complexity index is 423. The molecule has 1 aromatic carbocycles. The van der Waals surface area contributed by atoms with Crippen LogP contribution in [0.2, 0.25) is 0 Å². The van der Waals surface area contributed by atoms with Crippen LogP contribution in [-0.2, 0) is 11.3 Å². The Kier molecular flexibility index (Phi) is 6.67. The normalized spacial score (nSPS) is 17.6. The summed E-state index contributed by atoms with van der Waals surface area (Å²) >= 11 is 0. The standard InChI is InChI=1S/C13H16F2N2O2.ClH/c14-13(15)19-11-3-1-9(2-4-11)7-17-12(18)10-5-6-16-8-10;/h1-4,10,13,16H,5-8H2,(H,17,18);1H. The van der Waals surface area contributed by atoms with Crippen molar-refractivity contribution in [2.75, 3.05) is 13.1 Å². The second-order valence-electron chi connectivity index (χ2n) is 4.43. The van der Waals surface area contributed by atoms with Crippen molar-refractivity contribution in [2.45, 2.75) is 19.6 Å². The molecular formula is C13H17ClF2N2O2. The first-order chi connectivity index (χ1) is 9.15. The van der Waals surface area contributed by atoms with Crippen molar-refractivity contribution in [1.82, 2.24) is 10.6 Å². The van der Waals surface area contributed by atoms with Gasteiger partial charge in [-0.05, 0) is 30.7 Å². The topological polar surface area (TPSA) is 50.4 Å². The van der Waals surface area contributed by atoms with Crippen LogP contribution >= 0.6 is 12.4 Å². The van der Waals surface area contributed by atoms with Gasteiger partial charge in [-0.25, -0.2) is 0 Å². The van der Waals surface area contributed by atoms with Crippen LogP contribution in [0.4, 0.5) is 8.78 Å². The Hall–Kier alpha value is -1.40. The van der Waals surface area contributed by atoms with Crippen molar-refractivity contribution in [3.8, 4) is 5.75 Å². The van der Waals surface area contributed by atoms with Gasteiger partial charge in [0.15, 0.2) is 0 Å². The van der Waals surface area contributed by atoms with Gasteiger partial charge in [-0.15, -0.1) is 12.4 Å². The highest BCUT2D eigenvalue weighted by Gasteiger charge is 2.21. The molecule has 0 bridgehead atoms. The van der Waals surface area contributed by atoms with E-state index in [1.54, 1.807) is 12.1 Å². The molecule has 0 spiro atoms. The van der Waals surface area contributed by atoms with Crippen molar-refractivity contribution in [3.05, 3.63) is 29.8 Å². The van der Waals surface area contributed by atoms with Crippen molar-refractivity contribution < 1.29 is 18.3 Å². The summed E-state index contributed by atoms with van der Waals surface area (Å²) in [6.07, 6.45) is 0.854. The number of ether oxygens (including phenoxy) is 1. The summed E-state index contributed by atoms with van der Waals surface area (Å²) < 4.78 is 28.2. The maximum atomic E-state index is 12.0. The van der Waals surface area contributed by atoms with Crippen LogP contribution in [-0.4, -0.2) is 25.6 Å². The fourth-order valence-corrected chi connectivity index (χ4v) is 2.00. The third-order valence-corrected chi connectivity index (χ3v) is 3.05. The van der Waals surface area contributed by atoms with E-state index in [0.29, 0.717) is 13.1 Å². The van der Waals surface area contributed by atoms with Crippen LogP contribution in [0.25, 0.3) is 0 Å². The third kappa shape index (κ3) is 4.94. The first-order valence-electron chi connectivity index (χ1n) is 6.17. The molecule has 1 heterocycles. The molecule has 0 aromatic heterocycles. The predicted octanol–water partition coefficient (Wildman–Crippen LogP) is 1.94. The zero-order chi connectivity index (χ0) is 13.7. The Labute approximate surface area is 122 Å². The Balaban J connectivity index is 0.00000200. The number of carbonyl (C=O) groups is 1. The maximum absolute atomic E-state index is 12.0. The molecule has 1 aliphatic rings. The summed E-state index contributed by atoms with van der Waals surface area (Å²) in [5, 5.41) is 5.96. The molecule has 1 aliphatic heterocycles. The number of hydrogen-bond donors (Lipinski definition) is 2. The Morgan fingerprint density at radius 3 is 2.65 bits per heavy atom. The van der Waals surface area contributed by atoms with Crippen LogP contribution in [0.15, 0.2) is 24.3 Å². The van der Waals surface area contributed by atoms with Crippen molar-refractivity contribution in [3.63, 3.8) is 0 Å². The summed E-state index contributed by atoms with van der Waals surface area (Å²) in [7, 11) is 0. The number of benzene rings is 1. The summed E-state index contributed by atoms with van der Waals surface area (Å²) in [6, 6.07) is 6.24. The highest BCUT2D eigenvalue weighted by molar-refractivity contribution is 5.85. The minimum atomic E-state index is -2.82. The minimum Gasteiger partial charge on any atom is -0.435 e. The van der Waals surface area contributed by atoms with Gasteiger partial charge in [0.05, 0.1) is 5.92 Å². The molecule has 0 radical (unpaired) electrons. The average Bonchev–Trinajstić information content (AvgIpc) is 2.91. The van der Waals surface area contributed by atoms with Crippen LogP contribution in [0.3, 0.4) is 0 Å². The van der Waals surface area contributed by atoms with Crippen molar-refractivity contribution in [2.24, 2.45) is 5.92 Å². The van der Waals surface area contributed by atoms with Crippen LogP contribution in [0.5, 0.6) is 5.75 Å². The fourth-order valence-electron chi connectivity index (χ4n) is 2.00. The number of amides is 1. The smallest absolute Gasteiger partial charge is 0.387 e. The van der Waals surface area contributed by atoms with E-state index in [-0.39, 0.29) is 30.0 Å². The number of hydrogen-bond acceptors (Lipinski definition) is 3. The zero-order valence-corrected chi connectivity index (χ0v) is 11.6. The van der Waals surface area contributed by atoms with Crippen LogP contribution < -0.4 is 15.4 Å². The van der Waals surface area contributed by atoms with Gasteiger partial charge in [-0.3, -0.25) is 4.79 Å². The number of carbonyl (C=O) groups excluding carboxylic acids is 1. The maximum Gasteiger partial charge on any atom is 0.387 e. The van der Waals surface area contributed by atoms with Gasteiger partial charge >= 0.3 is 6.61 Å². The fraction of sp³-hybridized carbons (Fsp3) is 0.462. The first kappa shape index (κ1) is 16.7. The largest absolute Gasteiger partial charge is 0.435 e. The molecule has 1 aromatic rings. The number of rotatable bonds is 5. The molecular weight excluding hydrogens is 290 g/mol. The lowest BCUT2D eigenvalue weighted by Crippen LogP contribution is -2.31. The predicted molar refractivity (Wildman–Crippen MR) is 73.1 cm³/mol. The van der Waals surface area contributed by atoms with E-state index < -0.39 is 6.61 Å². The average molecular weight is 307 g/mol. The Morgan fingerprint density at radius 2 is 2.10 bits per heavy atom. The second-order valence-corrected chi connectivity index (χ2v) is 4.43. The highest BCUT2D eigenvalue weighted by Crippen LogP contribution is 2.15. The molecule has 7 heteroatoms. The van der Waals surface area contributed by atoms with Gasteiger partial charge in [-0.2, -0.15) is 8.78 Å². The molecule has 112 valence electrons. The van der Waals surface area contributed by atoms with E-state index in [1.165, 1.54) is 12.1 Å². The van der Waals surface area contributed by atoms with E-state index in [9.17, 15) is 13.6 Å². The molecule has 1 amide bonds. The third-order valence-electron chi connectivity index (χ3n) is 3.05. The second kappa shape index (κ2) is 8.01. The molecule has 1 unspecified atom stereocenters. The lowest BCUT2D eigenvalue weighted by Gasteiger charge is -2.10. The molecule has 2 N–H and O–H groups in total. The van der Waals surface area contributed by atoms with Crippen LogP contribution in [0, 0.1) is 5.92 Å². The number of alkyl halides is 2. The zero-order valence-electron chi connectivity index (χ0n) is 10.8. The molecule has 0 aliphatic carbocycles. The van der Waals surface area contributed by atoms with Gasteiger partial charge in [0, 0.05) is 13.1 Å². The summed E-state index contributed by atoms with van der Waals surface area (Å²) in [6.45, 7) is -0.838. The van der Waals surface area contributed by atoms with Gasteiger partial charge in [0.2, 0.25) is 5.91 Å². The number of nitrogens with one attached hydrogen (secondary N) is 2. The first-order valence-corrected chi connectivity index (χ1v) is 6.17. The molecule has 1 saturated heterocycles. The molecule has 20 heavy (non-hydrogen) atoms. The minimum absolute atomic E-state index is 0. The monoisotopic (exact) mass is 306 g/mol. The summed E-state index contributed by atoms with van der Waals surface area (Å²) in [4.78, 5) is 11.8. The lowest BCUT2D eigenvalue weighted by molar-refractivity contribution is -0.124. The molecule has 1 fully saturated rings. The van der Waals surface area contributed by atoms with E-state index in [0.717, 1.165) is 18.5 Å². The highest BCUT2D eigenvalue weighted by atomic mass is 35.5. The van der Waals surface area contributed by atoms with Crippen LogP contribution in [0.1, 0.15) is 12.0 Å². The van der Waals surface area contributed by atoms with E-state index >= 15 is 0 Å². The van der Waals surface area contributed by atoms with Gasteiger partial charge < -0.3 is 15.4 Å².